The highest BCUT2D eigenvalue weighted by molar-refractivity contribution is 5.92. The molecule has 0 saturated carbocycles. The molecule has 7 nitrogen and oxygen atoms in total. The van der Waals surface area contributed by atoms with Gasteiger partial charge in [0.1, 0.15) is 11.5 Å². The summed E-state index contributed by atoms with van der Waals surface area (Å²) < 4.78 is 6.72. The van der Waals surface area contributed by atoms with Crippen LogP contribution in [0.4, 0.5) is 0 Å². The van der Waals surface area contributed by atoms with E-state index in [1.54, 1.807) is 24.0 Å². The van der Waals surface area contributed by atoms with Crippen molar-refractivity contribution in [1.29, 1.82) is 0 Å². The van der Waals surface area contributed by atoms with Crippen LogP contribution in [-0.2, 0) is 13.6 Å². The van der Waals surface area contributed by atoms with Gasteiger partial charge in [0.25, 0.3) is 5.91 Å². The Bertz CT molecular complexity index is 640. The molecule has 1 aliphatic rings. The Hall–Kier alpha value is -2.15. The molecule has 0 aromatic carbocycles. The van der Waals surface area contributed by atoms with Gasteiger partial charge in [0.05, 0.1) is 5.69 Å². The van der Waals surface area contributed by atoms with Gasteiger partial charge in [-0.2, -0.15) is 5.10 Å². The predicted molar refractivity (Wildman–Crippen MR) is 80.2 cm³/mol. The lowest BCUT2D eigenvalue weighted by Crippen LogP contribution is -2.44. The third-order valence-corrected chi connectivity index (χ3v) is 3.93. The van der Waals surface area contributed by atoms with Crippen LogP contribution < -0.4 is 5.32 Å². The smallest absolute Gasteiger partial charge is 0.271 e. The summed E-state index contributed by atoms with van der Waals surface area (Å²) in [6.07, 6.45) is 3.65. The van der Waals surface area contributed by atoms with Crippen LogP contribution in [0.3, 0.4) is 0 Å². The van der Waals surface area contributed by atoms with Crippen molar-refractivity contribution >= 4 is 5.91 Å². The lowest BCUT2D eigenvalue weighted by molar-refractivity contribution is 0.0902. The first-order chi connectivity index (χ1) is 10.6. The third-order valence-electron chi connectivity index (χ3n) is 3.93. The van der Waals surface area contributed by atoms with Crippen LogP contribution in [-0.4, -0.2) is 44.9 Å². The monoisotopic (exact) mass is 303 g/mol. The maximum Gasteiger partial charge on any atom is 0.271 e. The zero-order valence-electron chi connectivity index (χ0n) is 13.0. The fraction of sp³-hybridized carbons (Fsp3) is 0.533. The quantitative estimate of drug-likeness (QED) is 0.915. The van der Waals surface area contributed by atoms with Crippen LogP contribution in [0.2, 0.25) is 0 Å². The van der Waals surface area contributed by atoms with Gasteiger partial charge in [-0.1, -0.05) is 5.16 Å². The van der Waals surface area contributed by atoms with E-state index in [-0.39, 0.29) is 11.9 Å². The van der Waals surface area contributed by atoms with Crippen LogP contribution in [0.5, 0.6) is 0 Å². The lowest BCUT2D eigenvalue weighted by atomic mass is 10.0. The van der Waals surface area contributed by atoms with Gasteiger partial charge in [-0.25, -0.2) is 0 Å². The van der Waals surface area contributed by atoms with Crippen molar-refractivity contribution in [3.8, 4) is 0 Å². The molecule has 0 aliphatic carbocycles. The zero-order chi connectivity index (χ0) is 15.5. The van der Waals surface area contributed by atoms with Crippen LogP contribution in [0.1, 0.15) is 34.8 Å². The van der Waals surface area contributed by atoms with Gasteiger partial charge in [-0.05, 0) is 25.8 Å². The second kappa shape index (κ2) is 6.31. The molecule has 2 aromatic rings. The van der Waals surface area contributed by atoms with E-state index >= 15 is 0 Å². The van der Waals surface area contributed by atoms with Crippen LogP contribution >= 0.6 is 0 Å². The van der Waals surface area contributed by atoms with Crippen LogP contribution in [0, 0.1) is 6.92 Å². The van der Waals surface area contributed by atoms with E-state index in [0.717, 1.165) is 43.9 Å². The lowest BCUT2D eigenvalue weighted by Gasteiger charge is -2.31. The van der Waals surface area contributed by atoms with E-state index in [9.17, 15) is 4.79 Å². The molecule has 1 saturated heterocycles. The van der Waals surface area contributed by atoms with Gasteiger partial charge in [0.15, 0.2) is 0 Å². The molecule has 0 bridgehead atoms. The number of carbonyl (C=O) groups excluding carboxylic acids is 1. The second-order valence-corrected chi connectivity index (χ2v) is 5.83. The van der Waals surface area contributed by atoms with Crippen molar-refractivity contribution in [1.82, 2.24) is 25.2 Å². The third kappa shape index (κ3) is 3.54. The normalized spacial score (nSPS) is 16.8. The number of nitrogens with one attached hydrogen (secondary N) is 1. The maximum atomic E-state index is 12.1. The van der Waals surface area contributed by atoms with Crippen LogP contribution in [0.25, 0.3) is 0 Å². The minimum Gasteiger partial charge on any atom is -0.361 e. The number of rotatable bonds is 4. The first kappa shape index (κ1) is 14.8. The molecule has 2 aromatic heterocycles. The Kier molecular flexibility index (Phi) is 4.24. The van der Waals surface area contributed by atoms with Crippen molar-refractivity contribution in [2.45, 2.75) is 32.4 Å². The minimum atomic E-state index is -0.0915. The van der Waals surface area contributed by atoms with Crippen LogP contribution in [0.15, 0.2) is 22.9 Å². The van der Waals surface area contributed by atoms with Gasteiger partial charge in [-0.15, -0.1) is 0 Å². The predicted octanol–water partition coefficient (Wildman–Crippen LogP) is 1.11. The number of carbonyl (C=O) groups is 1. The fourth-order valence-corrected chi connectivity index (χ4v) is 2.75. The Morgan fingerprint density at radius 1 is 1.45 bits per heavy atom. The fourth-order valence-electron chi connectivity index (χ4n) is 2.75. The van der Waals surface area contributed by atoms with E-state index < -0.39 is 0 Å². The van der Waals surface area contributed by atoms with E-state index in [1.807, 2.05) is 13.0 Å². The average molecular weight is 303 g/mol. The second-order valence-electron chi connectivity index (χ2n) is 5.83. The molecule has 0 radical (unpaired) electrons. The maximum absolute atomic E-state index is 12.1. The van der Waals surface area contributed by atoms with Gasteiger partial charge in [0.2, 0.25) is 0 Å². The highest BCUT2D eigenvalue weighted by atomic mass is 16.5. The number of hydrogen-bond donors (Lipinski definition) is 1. The topological polar surface area (TPSA) is 76.2 Å². The Morgan fingerprint density at radius 2 is 2.23 bits per heavy atom. The average Bonchev–Trinajstić information content (AvgIpc) is 3.10. The Labute approximate surface area is 129 Å². The van der Waals surface area contributed by atoms with E-state index in [4.69, 9.17) is 4.52 Å². The molecule has 0 atom stereocenters. The highest BCUT2D eigenvalue weighted by Gasteiger charge is 2.22. The molecular weight excluding hydrogens is 282 g/mol. The first-order valence-electron chi connectivity index (χ1n) is 7.55. The Balaban J connectivity index is 1.46. The number of piperidine rings is 1. The number of likely N-dealkylation sites (tertiary alicyclic amines) is 1. The molecule has 22 heavy (non-hydrogen) atoms. The van der Waals surface area contributed by atoms with Crippen molar-refractivity contribution in [3.63, 3.8) is 0 Å². The van der Waals surface area contributed by atoms with Gasteiger partial charge in [0, 0.05) is 45.0 Å². The molecule has 1 aliphatic heterocycles. The van der Waals surface area contributed by atoms with Gasteiger partial charge in [-0.3, -0.25) is 14.4 Å². The molecule has 0 spiro atoms. The summed E-state index contributed by atoms with van der Waals surface area (Å²) in [7, 11) is 1.81. The summed E-state index contributed by atoms with van der Waals surface area (Å²) >= 11 is 0. The number of hydrogen-bond acceptors (Lipinski definition) is 5. The summed E-state index contributed by atoms with van der Waals surface area (Å²) in [5.74, 6) is 0.749. The molecule has 3 rings (SSSR count). The first-order valence-corrected chi connectivity index (χ1v) is 7.55. The number of amides is 1. The summed E-state index contributed by atoms with van der Waals surface area (Å²) in [5, 5.41) is 11.2. The number of aromatic nitrogens is 3. The standard InChI is InChI=1S/C15H21N5O2/c1-11-9-13(18-22-11)10-20-7-3-12(4-8-20)16-15(21)14-5-6-19(2)17-14/h5-6,9,12H,3-4,7-8,10H2,1-2H3,(H,16,21). The van der Waals surface area contributed by atoms with Crippen molar-refractivity contribution < 1.29 is 9.32 Å². The highest BCUT2D eigenvalue weighted by Crippen LogP contribution is 2.14. The summed E-state index contributed by atoms with van der Waals surface area (Å²) in [6, 6.07) is 3.91. The van der Waals surface area contributed by atoms with Crippen molar-refractivity contribution in [2.75, 3.05) is 13.1 Å². The Morgan fingerprint density at radius 3 is 2.82 bits per heavy atom. The zero-order valence-corrected chi connectivity index (χ0v) is 13.0. The summed E-state index contributed by atoms with van der Waals surface area (Å²) in [4.78, 5) is 14.4. The molecule has 1 amide bonds. The molecule has 1 fully saturated rings. The molecular formula is C15H21N5O2. The molecule has 7 heteroatoms. The van der Waals surface area contributed by atoms with E-state index in [1.165, 1.54) is 0 Å². The van der Waals surface area contributed by atoms with Gasteiger partial charge >= 0.3 is 0 Å². The SMILES string of the molecule is Cc1cc(CN2CCC(NC(=O)c3ccn(C)n3)CC2)no1. The summed E-state index contributed by atoms with van der Waals surface area (Å²) in [5.41, 5.74) is 1.44. The minimum absolute atomic E-state index is 0.0915. The number of aryl methyl sites for hydroxylation is 2. The number of nitrogens with zero attached hydrogens (tertiary/aromatic N) is 4. The van der Waals surface area contributed by atoms with Crippen molar-refractivity contribution in [2.24, 2.45) is 7.05 Å². The van der Waals surface area contributed by atoms with E-state index in [0.29, 0.717) is 5.69 Å². The van der Waals surface area contributed by atoms with E-state index in [2.05, 4.69) is 20.5 Å². The largest absolute Gasteiger partial charge is 0.361 e. The molecule has 3 heterocycles. The molecule has 1 N–H and O–H groups in total. The molecule has 0 unspecified atom stereocenters. The summed E-state index contributed by atoms with van der Waals surface area (Å²) in [6.45, 7) is 4.59. The molecule has 118 valence electrons. The van der Waals surface area contributed by atoms with Gasteiger partial charge < -0.3 is 9.84 Å². The van der Waals surface area contributed by atoms with Crippen molar-refractivity contribution in [3.05, 3.63) is 35.5 Å².